The number of nitrogens with zero attached hydrogens (tertiary/aromatic N) is 7. The van der Waals surface area contributed by atoms with Crippen molar-refractivity contribution in [1.82, 2.24) is 24.7 Å². The normalized spacial score (nSPS) is 11.5. The molecular weight excluding hydrogens is 504 g/mol. The first-order valence-corrected chi connectivity index (χ1v) is 12.8. The molecule has 3 aromatic heterocycles. The van der Waals surface area contributed by atoms with E-state index in [0.29, 0.717) is 28.3 Å². The predicted molar refractivity (Wildman–Crippen MR) is 140 cm³/mol. The Balaban J connectivity index is 1.47. The maximum atomic E-state index is 13.3. The second-order valence-electron chi connectivity index (χ2n) is 8.00. The summed E-state index contributed by atoms with van der Waals surface area (Å²) < 4.78 is 29.0. The largest absolute Gasteiger partial charge is 0.278 e. The van der Waals surface area contributed by atoms with Crippen LogP contribution in [0.3, 0.4) is 0 Å². The molecule has 5 rings (SSSR count). The second kappa shape index (κ2) is 10.5. The van der Waals surface area contributed by atoms with E-state index in [1.165, 1.54) is 47.5 Å². The molecule has 0 aliphatic carbocycles. The zero-order chi connectivity index (χ0) is 26.5. The molecule has 2 aromatic carbocycles. The highest BCUT2D eigenvalue weighted by atomic mass is 32.2. The zero-order valence-corrected chi connectivity index (χ0v) is 20.8. The minimum atomic E-state index is -3.85. The van der Waals surface area contributed by atoms with Gasteiger partial charge in [-0.1, -0.05) is 30.3 Å². The number of azo groups is 1. The molecule has 0 bridgehead atoms. The number of hydrogen-bond donors (Lipinski definition) is 1. The molecule has 1 N–H and O–H groups in total. The Morgan fingerprint density at radius 3 is 2.26 bits per heavy atom. The molecule has 0 saturated carbocycles. The summed E-state index contributed by atoms with van der Waals surface area (Å²) in [5.41, 5.74) is 2.99. The standard InChI is InChI=1S/C26H20N8O3S/c1-18-24(25(19-5-3-2-4-6-19)34(32-18)26(35)20-11-14-27-15-12-20)31-30-21-7-9-22(10-8-21)38(36,37)33-23-13-16-28-17-29-23/h2-17H,1H3,(H,28,29,33). The molecule has 0 unspecified atom stereocenters. The Hall–Kier alpha value is -5.10. The topological polar surface area (TPSA) is 144 Å². The first kappa shape index (κ1) is 24.6. The molecule has 3 heterocycles. The van der Waals surface area contributed by atoms with E-state index in [4.69, 9.17) is 0 Å². The highest BCUT2D eigenvalue weighted by Gasteiger charge is 2.22. The van der Waals surface area contributed by atoms with Crippen molar-refractivity contribution in [2.24, 2.45) is 10.2 Å². The van der Waals surface area contributed by atoms with Crippen molar-refractivity contribution in [3.8, 4) is 11.3 Å². The van der Waals surface area contributed by atoms with E-state index in [-0.39, 0.29) is 16.6 Å². The molecular formula is C26H20N8O3S. The third kappa shape index (κ3) is 5.20. The van der Waals surface area contributed by atoms with Gasteiger partial charge in [0.25, 0.3) is 15.9 Å². The van der Waals surface area contributed by atoms with Gasteiger partial charge in [-0.3, -0.25) is 14.5 Å². The van der Waals surface area contributed by atoms with Gasteiger partial charge in [-0.05, 0) is 49.4 Å². The number of carbonyl (C=O) groups excluding carboxylic acids is 1. The summed E-state index contributed by atoms with van der Waals surface area (Å²) in [5, 5.41) is 13.2. The van der Waals surface area contributed by atoms with Crippen molar-refractivity contribution < 1.29 is 13.2 Å². The molecule has 12 heteroatoms. The number of rotatable bonds is 7. The lowest BCUT2D eigenvalue weighted by Crippen LogP contribution is -2.15. The number of benzene rings is 2. The van der Waals surface area contributed by atoms with E-state index in [1.807, 2.05) is 30.3 Å². The Morgan fingerprint density at radius 1 is 0.868 bits per heavy atom. The van der Waals surface area contributed by atoms with E-state index >= 15 is 0 Å². The molecule has 0 aliphatic rings. The molecule has 188 valence electrons. The zero-order valence-electron chi connectivity index (χ0n) is 20.0. The summed E-state index contributed by atoms with van der Waals surface area (Å²) in [4.78, 5) is 24.9. The first-order chi connectivity index (χ1) is 18.4. The van der Waals surface area contributed by atoms with E-state index in [2.05, 4.69) is 35.0 Å². The fraction of sp³-hybridized carbons (Fsp3) is 0.0385. The molecule has 0 spiro atoms. The van der Waals surface area contributed by atoms with Crippen molar-refractivity contribution in [3.05, 3.63) is 109 Å². The van der Waals surface area contributed by atoms with Crippen LogP contribution in [0.4, 0.5) is 17.2 Å². The molecule has 5 aromatic rings. The van der Waals surface area contributed by atoms with Crippen LogP contribution in [0.15, 0.2) is 113 Å². The van der Waals surface area contributed by atoms with Crippen molar-refractivity contribution in [2.75, 3.05) is 4.72 Å². The van der Waals surface area contributed by atoms with Crippen LogP contribution >= 0.6 is 0 Å². The summed E-state index contributed by atoms with van der Waals surface area (Å²) in [5.74, 6) is -0.174. The maximum Gasteiger partial charge on any atom is 0.278 e. The summed E-state index contributed by atoms with van der Waals surface area (Å²) in [6.07, 6.45) is 5.77. The number of aromatic nitrogens is 5. The number of nitrogens with one attached hydrogen (secondary N) is 1. The second-order valence-corrected chi connectivity index (χ2v) is 9.68. The quantitative estimate of drug-likeness (QED) is 0.297. The Morgan fingerprint density at radius 2 is 1.58 bits per heavy atom. The number of carbonyl (C=O) groups is 1. The summed E-state index contributed by atoms with van der Waals surface area (Å²) in [6.45, 7) is 1.74. The van der Waals surface area contributed by atoms with Gasteiger partial charge in [0.2, 0.25) is 0 Å². The lowest BCUT2D eigenvalue weighted by Gasteiger charge is -2.07. The van der Waals surface area contributed by atoms with Crippen LogP contribution in [0.5, 0.6) is 0 Å². The van der Waals surface area contributed by atoms with Gasteiger partial charge in [-0.15, -0.1) is 5.11 Å². The fourth-order valence-electron chi connectivity index (χ4n) is 3.60. The van der Waals surface area contributed by atoms with Gasteiger partial charge in [0.05, 0.1) is 16.3 Å². The number of hydrogen-bond acceptors (Lipinski definition) is 9. The lowest BCUT2D eigenvalue weighted by molar-refractivity contribution is 0.0946. The van der Waals surface area contributed by atoms with Gasteiger partial charge in [0, 0.05) is 29.7 Å². The number of sulfonamides is 1. The molecule has 11 nitrogen and oxygen atoms in total. The van der Waals surface area contributed by atoms with Gasteiger partial charge in [-0.2, -0.15) is 14.9 Å². The lowest BCUT2D eigenvalue weighted by atomic mass is 10.1. The fourth-order valence-corrected chi connectivity index (χ4v) is 4.61. The minimum Gasteiger partial charge on any atom is -0.267 e. The van der Waals surface area contributed by atoms with Gasteiger partial charge in [0.1, 0.15) is 23.5 Å². The van der Waals surface area contributed by atoms with Crippen LogP contribution in [-0.2, 0) is 10.0 Å². The average Bonchev–Trinajstić information content (AvgIpc) is 3.28. The molecule has 38 heavy (non-hydrogen) atoms. The third-order valence-corrected chi connectivity index (χ3v) is 6.80. The predicted octanol–water partition coefficient (Wildman–Crippen LogP) is 4.95. The van der Waals surface area contributed by atoms with Gasteiger partial charge >= 0.3 is 0 Å². The third-order valence-electron chi connectivity index (χ3n) is 5.43. The Labute approximate surface area is 218 Å². The van der Waals surface area contributed by atoms with Crippen LogP contribution in [0.25, 0.3) is 11.3 Å². The number of aryl methyl sites for hydroxylation is 1. The maximum absolute atomic E-state index is 13.3. The van der Waals surface area contributed by atoms with E-state index < -0.39 is 10.0 Å². The number of anilines is 1. The molecule has 0 saturated heterocycles. The van der Waals surface area contributed by atoms with Gasteiger partial charge in [0.15, 0.2) is 0 Å². The highest BCUT2D eigenvalue weighted by Crippen LogP contribution is 2.35. The average molecular weight is 525 g/mol. The Kier molecular flexibility index (Phi) is 6.78. The Bertz CT molecular complexity index is 1710. The van der Waals surface area contributed by atoms with E-state index in [0.717, 1.165) is 5.56 Å². The smallest absolute Gasteiger partial charge is 0.267 e. The highest BCUT2D eigenvalue weighted by molar-refractivity contribution is 7.92. The van der Waals surface area contributed by atoms with Crippen molar-refractivity contribution in [3.63, 3.8) is 0 Å². The van der Waals surface area contributed by atoms with Crippen LogP contribution in [0.2, 0.25) is 0 Å². The summed E-state index contributed by atoms with van der Waals surface area (Å²) in [7, 11) is -3.85. The molecule has 0 aliphatic heterocycles. The van der Waals surface area contributed by atoms with Crippen molar-refractivity contribution in [2.45, 2.75) is 11.8 Å². The summed E-state index contributed by atoms with van der Waals surface area (Å²) in [6, 6.07) is 19.9. The van der Waals surface area contributed by atoms with Crippen molar-refractivity contribution in [1.29, 1.82) is 0 Å². The molecule has 0 radical (unpaired) electrons. The van der Waals surface area contributed by atoms with Crippen LogP contribution in [-0.4, -0.2) is 39.1 Å². The summed E-state index contributed by atoms with van der Waals surface area (Å²) >= 11 is 0. The SMILES string of the molecule is Cc1nn(C(=O)c2ccncc2)c(-c2ccccc2)c1N=Nc1ccc(S(=O)(=O)Nc2ccncn2)cc1. The minimum absolute atomic E-state index is 0.0342. The van der Waals surface area contributed by atoms with Crippen LogP contribution < -0.4 is 4.72 Å². The van der Waals surface area contributed by atoms with Crippen molar-refractivity contribution >= 4 is 33.1 Å². The van der Waals surface area contributed by atoms with E-state index in [1.54, 1.807) is 31.5 Å². The molecule has 0 amide bonds. The first-order valence-electron chi connectivity index (χ1n) is 11.3. The van der Waals surface area contributed by atoms with Gasteiger partial charge < -0.3 is 0 Å². The molecule has 0 fully saturated rings. The van der Waals surface area contributed by atoms with Crippen LogP contribution in [0, 0.1) is 6.92 Å². The van der Waals surface area contributed by atoms with Gasteiger partial charge in [-0.25, -0.2) is 18.4 Å². The monoisotopic (exact) mass is 524 g/mol. The van der Waals surface area contributed by atoms with E-state index in [9.17, 15) is 13.2 Å². The van der Waals surface area contributed by atoms with Crippen LogP contribution in [0.1, 0.15) is 16.1 Å². The molecule has 0 atom stereocenters. The number of pyridine rings is 1.